The summed E-state index contributed by atoms with van der Waals surface area (Å²) in [6.45, 7) is 4.38. The van der Waals surface area contributed by atoms with Crippen LogP contribution in [0.2, 0.25) is 0 Å². The number of aryl methyl sites for hydroxylation is 2. The highest BCUT2D eigenvalue weighted by Crippen LogP contribution is 2.17. The Morgan fingerprint density at radius 3 is 2.90 bits per heavy atom. The van der Waals surface area contributed by atoms with E-state index in [1.807, 2.05) is 13.0 Å². The van der Waals surface area contributed by atoms with Crippen molar-refractivity contribution in [2.45, 2.75) is 26.8 Å². The quantitative estimate of drug-likeness (QED) is 0.770. The van der Waals surface area contributed by atoms with Gasteiger partial charge in [-0.15, -0.1) is 0 Å². The molecule has 0 aliphatic heterocycles. The monoisotopic (exact) mass is 285 g/mol. The zero-order valence-electron chi connectivity index (χ0n) is 11.8. The highest BCUT2D eigenvalue weighted by atomic mass is 16.5. The Balaban J connectivity index is 1.69. The van der Waals surface area contributed by atoms with Gasteiger partial charge in [-0.25, -0.2) is 9.97 Å². The second-order valence-corrected chi connectivity index (χ2v) is 4.52. The van der Waals surface area contributed by atoms with Crippen molar-refractivity contribution in [3.63, 3.8) is 0 Å². The number of hydrogen-bond acceptors (Lipinski definition) is 7. The topological polar surface area (TPSA) is 89.9 Å². The van der Waals surface area contributed by atoms with Crippen LogP contribution in [0.1, 0.15) is 24.1 Å². The molecule has 21 heavy (non-hydrogen) atoms. The van der Waals surface area contributed by atoms with Gasteiger partial charge in [-0.05, 0) is 31.5 Å². The number of anilines is 1. The fourth-order valence-electron chi connectivity index (χ4n) is 1.88. The fourth-order valence-corrected chi connectivity index (χ4v) is 1.88. The Morgan fingerprint density at radius 2 is 2.14 bits per heavy atom. The van der Waals surface area contributed by atoms with E-state index < -0.39 is 0 Å². The van der Waals surface area contributed by atoms with Gasteiger partial charge in [0.25, 0.3) is 5.89 Å². The zero-order valence-corrected chi connectivity index (χ0v) is 11.8. The zero-order chi connectivity index (χ0) is 14.7. The van der Waals surface area contributed by atoms with Crippen molar-refractivity contribution in [1.82, 2.24) is 20.1 Å². The van der Waals surface area contributed by atoms with Crippen LogP contribution >= 0.6 is 0 Å². The summed E-state index contributed by atoms with van der Waals surface area (Å²) in [6, 6.07) is 5.50. The van der Waals surface area contributed by atoms with Crippen LogP contribution in [0.4, 0.5) is 5.95 Å². The molecule has 0 atom stereocenters. The van der Waals surface area contributed by atoms with Crippen molar-refractivity contribution in [3.05, 3.63) is 41.7 Å². The second-order valence-electron chi connectivity index (χ2n) is 4.52. The summed E-state index contributed by atoms with van der Waals surface area (Å²) in [4.78, 5) is 13.0. The van der Waals surface area contributed by atoms with Crippen LogP contribution in [-0.4, -0.2) is 20.1 Å². The minimum atomic E-state index is 0.358. The Bertz CT molecular complexity index is 721. The third kappa shape index (κ3) is 3.07. The molecule has 0 saturated heterocycles. The van der Waals surface area contributed by atoms with E-state index in [4.69, 9.17) is 8.94 Å². The van der Waals surface area contributed by atoms with E-state index in [2.05, 4.69) is 32.3 Å². The van der Waals surface area contributed by atoms with Gasteiger partial charge < -0.3 is 14.3 Å². The molecule has 0 aliphatic carbocycles. The number of nitrogens with one attached hydrogen (secondary N) is 1. The molecule has 0 unspecified atom stereocenters. The van der Waals surface area contributed by atoms with Crippen LogP contribution in [0.3, 0.4) is 0 Å². The Morgan fingerprint density at radius 1 is 1.24 bits per heavy atom. The van der Waals surface area contributed by atoms with Crippen molar-refractivity contribution >= 4 is 5.95 Å². The normalized spacial score (nSPS) is 10.8. The molecule has 1 N–H and O–H groups in total. The van der Waals surface area contributed by atoms with Gasteiger partial charge in [-0.1, -0.05) is 12.1 Å². The van der Waals surface area contributed by atoms with E-state index in [0.29, 0.717) is 30.0 Å². The lowest BCUT2D eigenvalue weighted by atomic mass is 10.3. The average Bonchev–Trinajstić information content (AvgIpc) is 3.15. The Labute approximate surface area is 121 Å². The van der Waals surface area contributed by atoms with Gasteiger partial charge in [0.2, 0.25) is 5.95 Å². The molecule has 108 valence electrons. The van der Waals surface area contributed by atoms with Crippen molar-refractivity contribution < 1.29 is 8.94 Å². The summed E-state index contributed by atoms with van der Waals surface area (Å²) < 4.78 is 10.3. The molecule has 0 radical (unpaired) electrons. The van der Waals surface area contributed by atoms with Crippen LogP contribution in [0.15, 0.2) is 33.4 Å². The van der Waals surface area contributed by atoms with Gasteiger partial charge in [0, 0.05) is 11.4 Å². The lowest BCUT2D eigenvalue weighted by molar-refractivity contribution is 0.410. The molecule has 0 fully saturated rings. The summed E-state index contributed by atoms with van der Waals surface area (Å²) in [7, 11) is 0. The molecule has 3 aromatic rings. The number of aromatic nitrogens is 4. The van der Waals surface area contributed by atoms with Crippen LogP contribution in [0.5, 0.6) is 0 Å². The predicted molar refractivity (Wildman–Crippen MR) is 75.5 cm³/mol. The fraction of sp³-hybridized carbons (Fsp3) is 0.286. The molecule has 0 saturated carbocycles. The molecular formula is C14H15N5O2. The minimum Gasteiger partial charge on any atom is -0.459 e. The molecule has 7 nitrogen and oxygen atoms in total. The SMILES string of the molecule is CCc1cc(C)nc(NCc2noc(-c3ccco3)n2)n1. The molecule has 7 heteroatoms. The van der Waals surface area contributed by atoms with Crippen molar-refractivity contribution in [2.24, 2.45) is 0 Å². The summed E-state index contributed by atoms with van der Waals surface area (Å²) in [5, 5.41) is 6.99. The van der Waals surface area contributed by atoms with Gasteiger partial charge >= 0.3 is 0 Å². The van der Waals surface area contributed by atoms with Crippen LogP contribution in [0.25, 0.3) is 11.7 Å². The highest BCUT2D eigenvalue weighted by Gasteiger charge is 2.11. The molecule has 0 bridgehead atoms. The van der Waals surface area contributed by atoms with Gasteiger partial charge in [0.05, 0.1) is 12.8 Å². The summed E-state index contributed by atoms with van der Waals surface area (Å²) in [5.74, 6) is 1.99. The first kappa shape index (κ1) is 13.3. The number of rotatable bonds is 5. The van der Waals surface area contributed by atoms with E-state index in [0.717, 1.165) is 17.8 Å². The summed E-state index contributed by atoms with van der Waals surface area (Å²) >= 11 is 0. The average molecular weight is 285 g/mol. The van der Waals surface area contributed by atoms with Crippen LogP contribution < -0.4 is 5.32 Å². The Kier molecular flexibility index (Phi) is 3.63. The third-order valence-corrected chi connectivity index (χ3v) is 2.87. The Hall–Kier alpha value is -2.70. The van der Waals surface area contributed by atoms with Crippen molar-refractivity contribution in [1.29, 1.82) is 0 Å². The molecule has 0 spiro atoms. The first-order chi connectivity index (χ1) is 10.2. The second kappa shape index (κ2) is 5.74. The number of furan rings is 1. The molecule has 0 aromatic carbocycles. The number of hydrogen-bond donors (Lipinski definition) is 1. The number of nitrogens with zero attached hydrogens (tertiary/aromatic N) is 4. The summed E-state index contributed by atoms with van der Waals surface area (Å²) in [5.41, 5.74) is 1.92. The molecular weight excluding hydrogens is 270 g/mol. The summed E-state index contributed by atoms with van der Waals surface area (Å²) in [6.07, 6.45) is 2.42. The molecule has 3 rings (SSSR count). The van der Waals surface area contributed by atoms with Crippen LogP contribution in [-0.2, 0) is 13.0 Å². The largest absolute Gasteiger partial charge is 0.459 e. The molecule has 0 aliphatic rings. The lowest BCUT2D eigenvalue weighted by Crippen LogP contribution is -2.07. The predicted octanol–water partition coefficient (Wildman–Crippen LogP) is 2.60. The highest BCUT2D eigenvalue weighted by molar-refractivity contribution is 5.43. The maximum absolute atomic E-state index is 5.20. The first-order valence-electron chi connectivity index (χ1n) is 6.69. The van der Waals surface area contributed by atoms with Crippen molar-refractivity contribution in [3.8, 4) is 11.7 Å². The van der Waals surface area contributed by atoms with Gasteiger partial charge in [0.1, 0.15) is 0 Å². The smallest absolute Gasteiger partial charge is 0.293 e. The molecule has 3 aromatic heterocycles. The van der Waals surface area contributed by atoms with E-state index in [1.165, 1.54) is 0 Å². The van der Waals surface area contributed by atoms with Gasteiger partial charge in [-0.3, -0.25) is 0 Å². The molecule has 0 amide bonds. The van der Waals surface area contributed by atoms with Gasteiger partial charge in [-0.2, -0.15) is 4.98 Å². The maximum Gasteiger partial charge on any atom is 0.293 e. The maximum atomic E-state index is 5.20. The van der Waals surface area contributed by atoms with Crippen LogP contribution in [0, 0.1) is 6.92 Å². The van der Waals surface area contributed by atoms with E-state index in [1.54, 1.807) is 18.4 Å². The van der Waals surface area contributed by atoms with Crippen molar-refractivity contribution in [2.75, 3.05) is 5.32 Å². The van der Waals surface area contributed by atoms with E-state index >= 15 is 0 Å². The standard InChI is InChI=1S/C14H15N5O2/c1-3-10-7-9(2)16-14(17-10)15-8-12-18-13(21-19-12)11-5-4-6-20-11/h4-7H,3,8H2,1-2H3,(H,15,16,17). The lowest BCUT2D eigenvalue weighted by Gasteiger charge is -2.05. The first-order valence-corrected chi connectivity index (χ1v) is 6.69. The van der Waals surface area contributed by atoms with E-state index in [9.17, 15) is 0 Å². The molecule has 3 heterocycles. The van der Waals surface area contributed by atoms with E-state index in [-0.39, 0.29) is 0 Å². The minimum absolute atomic E-state index is 0.358. The van der Waals surface area contributed by atoms with Gasteiger partial charge in [0.15, 0.2) is 11.6 Å². The third-order valence-electron chi connectivity index (χ3n) is 2.87.